The molecule has 1 aromatic carbocycles. The molecule has 0 aliphatic rings. The number of sulfonamides is 1. The first-order valence-corrected chi connectivity index (χ1v) is 9.86. The van der Waals surface area contributed by atoms with Gasteiger partial charge in [0.15, 0.2) is 0 Å². The molecule has 2 aromatic heterocycles. The molecule has 0 aliphatic carbocycles. The molecule has 0 saturated carbocycles. The van der Waals surface area contributed by atoms with Crippen molar-refractivity contribution in [3.63, 3.8) is 0 Å². The van der Waals surface area contributed by atoms with Gasteiger partial charge in [0.2, 0.25) is 0 Å². The van der Waals surface area contributed by atoms with Crippen molar-refractivity contribution in [3.05, 3.63) is 63.3 Å². The number of nitrogens with one attached hydrogen (secondary N) is 1. The number of hydrogen-bond donors (Lipinski definition) is 1. The van der Waals surface area contributed by atoms with Gasteiger partial charge in [-0.3, -0.25) is 9.52 Å². The van der Waals surface area contributed by atoms with Crippen LogP contribution >= 0.6 is 11.3 Å². The molecular formula is C17H17N3O3S2. The van der Waals surface area contributed by atoms with Crippen molar-refractivity contribution in [1.29, 1.82) is 0 Å². The minimum absolute atomic E-state index is 0.193. The van der Waals surface area contributed by atoms with Gasteiger partial charge in [-0.1, -0.05) is 17.7 Å². The van der Waals surface area contributed by atoms with Crippen molar-refractivity contribution in [2.45, 2.75) is 18.1 Å². The van der Waals surface area contributed by atoms with Crippen LogP contribution in [-0.2, 0) is 17.1 Å². The second kappa shape index (κ2) is 6.45. The van der Waals surface area contributed by atoms with Gasteiger partial charge in [-0.2, -0.15) is 5.10 Å². The largest absolute Gasteiger partial charge is 0.279 e. The summed E-state index contributed by atoms with van der Waals surface area (Å²) >= 11 is 1.11. The summed E-state index contributed by atoms with van der Waals surface area (Å²) in [7, 11) is -2.13. The van der Waals surface area contributed by atoms with Gasteiger partial charge in [-0.15, -0.1) is 11.3 Å². The number of rotatable bonds is 4. The first-order valence-electron chi connectivity index (χ1n) is 7.49. The number of nitrogens with zero attached hydrogens (tertiary/aromatic N) is 2. The Morgan fingerprint density at radius 1 is 1.12 bits per heavy atom. The number of thiophene rings is 1. The molecule has 0 spiro atoms. The number of aryl methyl sites for hydroxylation is 3. The summed E-state index contributed by atoms with van der Waals surface area (Å²) in [5.74, 6) is 0. The van der Waals surface area contributed by atoms with Gasteiger partial charge in [0.25, 0.3) is 15.6 Å². The van der Waals surface area contributed by atoms with E-state index in [0.29, 0.717) is 16.9 Å². The van der Waals surface area contributed by atoms with Crippen molar-refractivity contribution >= 4 is 27.0 Å². The van der Waals surface area contributed by atoms with E-state index in [1.165, 1.54) is 10.7 Å². The third-order valence-corrected chi connectivity index (χ3v) is 6.53. The Labute approximate surface area is 149 Å². The van der Waals surface area contributed by atoms with E-state index in [1.807, 2.05) is 26.0 Å². The fourth-order valence-electron chi connectivity index (χ4n) is 2.37. The molecule has 6 nitrogen and oxygen atoms in total. The molecule has 8 heteroatoms. The molecule has 0 fully saturated rings. The van der Waals surface area contributed by atoms with Crippen molar-refractivity contribution < 1.29 is 8.42 Å². The van der Waals surface area contributed by atoms with Crippen molar-refractivity contribution in [1.82, 2.24) is 9.78 Å². The van der Waals surface area contributed by atoms with Gasteiger partial charge in [-0.25, -0.2) is 13.1 Å². The SMILES string of the molecule is Cc1ccc(NS(=O)(=O)c2cc(-c3ccc(=O)n(C)n3)cs2)c(C)c1. The lowest BCUT2D eigenvalue weighted by Gasteiger charge is -2.09. The van der Waals surface area contributed by atoms with Crippen LogP contribution in [0.4, 0.5) is 5.69 Å². The van der Waals surface area contributed by atoms with Gasteiger partial charge in [0, 0.05) is 24.1 Å². The molecule has 0 radical (unpaired) electrons. The zero-order chi connectivity index (χ0) is 18.2. The molecule has 0 aliphatic heterocycles. The van der Waals surface area contributed by atoms with Crippen LogP contribution < -0.4 is 10.3 Å². The summed E-state index contributed by atoms with van der Waals surface area (Å²) < 4.78 is 29.3. The molecule has 130 valence electrons. The molecule has 2 heterocycles. The lowest BCUT2D eigenvalue weighted by molar-refractivity contribution is 0.603. The second-order valence-corrected chi connectivity index (χ2v) is 8.58. The summed E-state index contributed by atoms with van der Waals surface area (Å²) in [5.41, 5.74) is 3.47. The van der Waals surface area contributed by atoms with Gasteiger partial charge in [0.05, 0.1) is 11.4 Å². The minimum Gasteiger partial charge on any atom is -0.279 e. The summed E-state index contributed by atoms with van der Waals surface area (Å²) in [5, 5.41) is 5.85. The second-order valence-electron chi connectivity index (χ2n) is 5.76. The third-order valence-electron chi connectivity index (χ3n) is 3.72. The Hall–Kier alpha value is -2.45. The summed E-state index contributed by atoms with van der Waals surface area (Å²) in [4.78, 5) is 11.4. The van der Waals surface area contributed by atoms with Crippen LogP contribution in [0.25, 0.3) is 11.3 Å². The Morgan fingerprint density at radius 3 is 2.56 bits per heavy atom. The van der Waals surface area contributed by atoms with E-state index in [1.54, 1.807) is 30.6 Å². The summed E-state index contributed by atoms with van der Waals surface area (Å²) in [6, 6.07) is 10.1. The third kappa shape index (κ3) is 3.64. The highest BCUT2D eigenvalue weighted by molar-refractivity contribution is 7.94. The Kier molecular flexibility index (Phi) is 4.49. The zero-order valence-corrected chi connectivity index (χ0v) is 15.6. The molecule has 0 unspecified atom stereocenters. The standard InChI is InChI=1S/C17H17N3O3S2/c1-11-4-5-14(12(2)8-11)19-25(22,23)17-9-13(10-24-17)15-6-7-16(21)20(3)18-15/h4-10,19H,1-3H3. The molecule has 0 atom stereocenters. The average Bonchev–Trinajstić information content (AvgIpc) is 3.04. The Balaban J connectivity index is 1.92. The van der Waals surface area contributed by atoms with Crippen molar-refractivity contribution in [2.24, 2.45) is 7.05 Å². The number of benzene rings is 1. The van der Waals surface area contributed by atoms with E-state index < -0.39 is 10.0 Å². The Bertz CT molecular complexity index is 1100. The lowest BCUT2D eigenvalue weighted by atomic mass is 10.1. The van der Waals surface area contributed by atoms with Crippen LogP contribution in [0.3, 0.4) is 0 Å². The molecule has 25 heavy (non-hydrogen) atoms. The summed E-state index contributed by atoms with van der Waals surface area (Å²) in [6.45, 7) is 3.82. The maximum absolute atomic E-state index is 12.6. The van der Waals surface area contributed by atoms with E-state index in [2.05, 4.69) is 9.82 Å². The van der Waals surface area contributed by atoms with Gasteiger partial charge in [0.1, 0.15) is 4.21 Å². The predicted molar refractivity (Wildman–Crippen MR) is 99.5 cm³/mol. The smallest absolute Gasteiger partial charge is 0.271 e. The molecule has 3 aromatic rings. The van der Waals surface area contributed by atoms with Crippen molar-refractivity contribution in [2.75, 3.05) is 4.72 Å². The molecule has 3 rings (SSSR count). The van der Waals surface area contributed by atoms with Crippen LogP contribution in [0.2, 0.25) is 0 Å². The van der Waals surface area contributed by atoms with E-state index in [4.69, 9.17) is 0 Å². The van der Waals surface area contributed by atoms with Crippen molar-refractivity contribution in [3.8, 4) is 11.3 Å². The van der Waals surface area contributed by atoms with E-state index in [9.17, 15) is 13.2 Å². The number of anilines is 1. The van der Waals surface area contributed by atoms with Crippen LogP contribution in [0, 0.1) is 13.8 Å². The molecule has 0 bridgehead atoms. The minimum atomic E-state index is -3.68. The molecule has 1 N–H and O–H groups in total. The molecular weight excluding hydrogens is 358 g/mol. The van der Waals surface area contributed by atoms with Crippen LogP contribution in [-0.4, -0.2) is 18.2 Å². The maximum Gasteiger partial charge on any atom is 0.271 e. The van der Waals surface area contributed by atoms with Crippen LogP contribution in [0.1, 0.15) is 11.1 Å². The number of hydrogen-bond acceptors (Lipinski definition) is 5. The first-order chi connectivity index (χ1) is 11.8. The predicted octanol–water partition coefficient (Wildman–Crippen LogP) is 2.93. The monoisotopic (exact) mass is 375 g/mol. The molecule has 0 amide bonds. The van der Waals surface area contributed by atoms with E-state index in [0.717, 1.165) is 22.5 Å². The zero-order valence-electron chi connectivity index (χ0n) is 14.0. The summed E-state index contributed by atoms with van der Waals surface area (Å²) in [6.07, 6.45) is 0. The average molecular weight is 375 g/mol. The normalized spacial score (nSPS) is 11.5. The van der Waals surface area contributed by atoms with E-state index in [-0.39, 0.29) is 9.77 Å². The maximum atomic E-state index is 12.6. The quantitative estimate of drug-likeness (QED) is 0.760. The fraction of sp³-hybridized carbons (Fsp3) is 0.176. The van der Waals surface area contributed by atoms with Gasteiger partial charge >= 0.3 is 0 Å². The first kappa shape index (κ1) is 17.4. The Morgan fingerprint density at radius 2 is 1.88 bits per heavy atom. The highest BCUT2D eigenvalue weighted by atomic mass is 32.2. The van der Waals surface area contributed by atoms with Crippen LogP contribution in [0.15, 0.2) is 50.8 Å². The number of aromatic nitrogens is 2. The lowest BCUT2D eigenvalue weighted by Crippen LogP contribution is -2.18. The van der Waals surface area contributed by atoms with Crippen LogP contribution in [0.5, 0.6) is 0 Å². The van der Waals surface area contributed by atoms with Gasteiger partial charge in [-0.05, 0) is 37.6 Å². The topological polar surface area (TPSA) is 81.1 Å². The van der Waals surface area contributed by atoms with E-state index >= 15 is 0 Å². The highest BCUT2D eigenvalue weighted by Crippen LogP contribution is 2.29. The highest BCUT2D eigenvalue weighted by Gasteiger charge is 2.19. The molecule has 0 saturated heterocycles. The fourth-order valence-corrected chi connectivity index (χ4v) is 4.68. The van der Waals surface area contributed by atoms with Gasteiger partial charge < -0.3 is 0 Å².